The summed E-state index contributed by atoms with van der Waals surface area (Å²) in [6.45, 7) is 2.56. The van der Waals surface area contributed by atoms with Crippen LogP contribution < -0.4 is 10.2 Å². The van der Waals surface area contributed by atoms with Crippen molar-refractivity contribution in [1.82, 2.24) is 5.32 Å². The van der Waals surface area contributed by atoms with Crippen molar-refractivity contribution in [2.45, 2.75) is 31.2 Å². The summed E-state index contributed by atoms with van der Waals surface area (Å²) in [5.41, 5.74) is 2.58. The molecule has 19 heavy (non-hydrogen) atoms. The maximum absolute atomic E-state index is 5.40. The van der Waals surface area contributed by atoms with Gasteiger partial charge in [-0.2, -0.15) is 0 Å². The first kappa shape index (κ1) is 12.9. The molecule has 1 heterocycles. The molecular formula is C15H22N2O2. The molecule has 4 nitrogen and oxygen atoms in total. The van der Waals surface area contributed by atoms with Crippen LogP contribution >= 0.6 is 0 Å². The maximum atomic E-state index is 5.40. The number of ether oxygens (including phenoxy) is 2. The molecule has 0 aromatic heterocycles. The molecule has 0 atom stereocenters. The predicted molar refractivity (Wildman–Crippen MR) is 75.3 cm³/mol. The Balaban J connectivity index is 1.54. The molecule has 104 valence electrons. The van der Waals surface area contributed by atoms with Crippen LogP contribution in [-0.4, -0.2) is 39.1 Å². The third-order valence-corrected chi connectivity index (χ3v) is 4.08. The quantitative estimate of drug-likeness (QED) is 0.792. The monoisotopic (exact) mass is 262 g/mol. The normalized spacial score (nSPS) is 21.3. The standard InChI is InChI=1S/C15H22N2O2/c1-18-15(19-2)10-17(11-15)14-7-3-12(4-8-14)9-16-13-5-6-13/h3-4,7-8,13,16H,5-6,9-11H2,1-2H3. The van der Waals surface area contributed by atoms with Gasteiger partial charge in [-0.25, -0.2) is 0 Å². The van der Waals surface area contributed by atoms with E-state index < -0.39 is 5.79 Å². The first-order valence-electron chi connectivity index (χ1n) is 6.92. The van der Waals surface area contributed by atoms with E-state index >= 15 is 0 Å². The van der Waals surface area contributed by atoms with Gasteiger partial charge in [0, 0.05) is 32.5 Å². The highest BCUT2D eigenvalue weighted by molar-refractivity contribution is 5.51. The Morgan fingerprint density at radius 1 is 1.16 bits per heavy atom. The van der Waals surface area contributed by atoms with Crippen LogP contribution in [0.15, 0.2) is 24.3 Å². The fourth-order valence-corrected chi connectivity index (χ4v) is 2.43. The van der Waals surface area contributed by atoms with Crippen LogP contribution in [0.5, 0.6) is 0 Å². The molecule has 0 bridgehead atoms. The Morgan fingerprint density at radius 2 is 1.79 bits per heavy atom. The number of hydrogen-bond donors (Lipinski definition) is 1. The SMILES string of the molecule is COC1(OC)CN(c2ccc(CNC3CC3)cc2)C1. The smallest absolute Gasteiger partial charge is 0.203 e. The second kappa shape index (κ2) is 5.12. The van der Waals surface area contributed by atoms with Crippen LogP contribution in [-0.2, 0) is 16.0 Å². The number of nitrogens with one attached hydrogen (secondary N) is 1. The van der Waals surface area contributed by atoms with Gasteiger partial charge in [-0.3, -0.25) is 0 Å². The summed E-state index contributed by atoms with van der Waals surface area (Å²) in [6, 6.07) is 9.52. The first-order chi connectivity index (χ1) is 9.24. The van der Waals surface area contributed by atoms with Crippen molar-refractivity contribution >= 4 is 5.69 Å². The number of rotatable bonds is 6. The van der Waals surface area contributed by atoms with Crippen LogP contribution in [0.4, 0.5) is 5.69 Å². The summed E-state index contributed by atoms with van der Waals surface area (Å²) in [4.78, 5) is 2.27. The Morgan fingerprint density at radius 3 is 2.32 bits per heavy atom. The third-order valence-electron chi connectivity index (χ3n) is 4.08. The van der Waals surface area contributed by atoms with Crippen LogP contribution in [0.1, 0.15) is 18.4 Å². The van der Waals surface area contributed by atoms with Crippen LogP contribution in [0, 0.1) is 0 Å². The van der Waals surface area contributed by atoms with E-state index in [1.54, 1.807) is 14.2 Å². The summed E-state index contributed by atoms with van der Waals surface area (Å²) in [5, 5.41) is 3.53. The van der Waals surface area contributed by atoms with E-state index in [2.05, 4.69) is 34.5 Å². The van der Waals surface area contributed by atoms with E-state index in [0.29, 0.717) is 0 Å². The van der Waals surface area contributed by atoms with E-state index in [1.807, 2.05) is 0 Å². The molecule has 3 rings (SSSR count). The zero-order valence-corrected chi connectivity index (χ0v) is 11.7. The molecule has 1 saturated heterocycles. The van der Waals surface area contributed by atoms with Crippen LogP contribution in [0.2, 0.25) is 0 Å². The molecule has 0 unspecified atom stereocenters. The van der Waals surface area contributed by atoms with Gasteiger partial charge in [-0.15, -0.1) is 0 Å². The van der Waals surface area contributed by atoms with Gasteiger partial charge in [-0.1, -0.05) is 12.1 Å². The molecule has 2 aliphatic rings. The predicted octanol–water partition coefficient (Wildman–Crippen LogP) is 1.75. The van der Waals surface area contributed by atoms with Crippen molar-refractivity contribution in [2.75, 3.05) is 32.2 Å². The Hall–Kier alpha value is -1.10. The van der Waals surface area contributed by atoms with Gasteiger partial charge < -0.3 is 19.7 Å². The van der Waals surface area contributed by atoms with E-state index in [4.69, 9.17) is 9.47 Å². The second-order valence-electron chi connectivity index (χ2n) is 5.50. The molecule has 1 aromatic carbocycles. The summed E-state index contributed by atoms with van der Waals surface area (Å²) < 4.78 is 10.8. The van der Waals surface area contributed by atoms with E-state index in [0.717, 1.165) is 25.7 Å². The van der Waals surface area contributed by atoms with Crippen molar-refractivity contribution in [3.05, 3.63) is 29.8 Å². The highest BCUT2D eigenvalue weighted by Crippen LogP contribution is 2.30. The molecule has 1 N–H and O–H groups in total. The molecule has 1 saturated carbocycles. The first-order valence-corrected chi connectivity index (χ1v) is 6.92. The largest absolute Gasteiger partial charge is 0.361 e. The lowest BCUT2D eigenvalue weighted by atomic mass is 10.1. The second-order valence-corrected chi connectivity index (χ2v) is 5.50. The maximum Gasteiger partial charge on any atom is 0.203 e. The number of anilines is 1. The van der Waals surface area contributed by atoms with Crippen molar-refractivity contribution in [3.63, 3.8) is 0 Å². The third kappa shape index (κ3) is 2.76. The molecule has 1 aliphatic carbocycles. The Bertz CT molecular complexity index is 416. The lowest BCUT2D eigenvalue weighted by Gasteiger charge is -2.48. The molecule has 2 fully saturated rings. The molecule has 4 heteroatoms. The summed E-state index contributed by atoms with van der Waals surface area (Å²) in [6.07, 6.45) is 2.67. The average Bonchev–Trinajstić information content (AvgIpc) is 3.22. The van der Waals surface area contributed by atoms with Crippen molar-refractivity contribution in [2.24, 2.45) is 0 Å². The van der Waals surface area contributed by atoms with Crippen molar-refractivity contribution < 1.29 is 9.47 Å². The molecular weight excluding hydrogens is 240 g/mol. The minimum atomic E-state index is -0.411. The minimum Gasteiger partial charge on any atom is -0.361 e. The number of nitrogens with zero attached hydrogens (tertiary/aromatic N) is 1. The van der Waals surface area contributed by atoms with Gasteiger partial charge in [-0.05, 0) is 30.5 Å². The van der Waals surface area contributed by atoms with E-state index in [1.165, 1.54) is 24.1 Å². The van der Waals surface area contributed by atoms with Gasteiger partial charge in [0.25, 0.3) is 0 Å². The van der Waals surface area contributed by atoms with Gasteiger partial charge in [0.15, 0.2) is 0 Å². The number of hydrogen-bond acceptors (Lipinski definition) is 4. The molecule has 0 spiro atoms. The van der Waals surface area contributed by atoms with E-state index in [-0.39, 0.29) is 0 Å². The highest BCUT2D eigenvalue weighted by atomic mass is 16.7. The molecule has 1 aliphatic heterocycles. The zero-order valence-electron chi connectivity index (χ0n) is 11.7. The fraction of sp³-hybridized carbons (Fsp3) is 0.600. The van der Waals surface area contributed by atoms with Crippen molar-refractivity contribution in [3.8, 4) is 0 Å². The molecule has 1 aromatic rings. The lowest BCUT2D eigenvalue weighted by Crippen LogP contribution is -2.64. The summed E-state index contributed by atoms with van der Waals surface area (Å²) >= 11 is 0. The average molecular weight is 262 g/mol. The van der Waals surface area contributed by atoms with Gasteiger partial charge in [0.05, 0.1) is 13.1 Å². The van der Waals surface area contributed by atoms with Gasteiger partial charge in [0.1, 0.15) is 0 Å². The summed E-state index contributed by atoms with van der Waals surface area (Å²) in [5.74, 6) is -0.411. The minimum absolute atomic E-state index is 0.411. The topological polar surface area (TPSA) is 33.7 Å². The van der Waals surface area contributed by atoms with Gasteiger partial charge >= 0.3 is 0 Å². The number of benzene rings is 1. The summed E-state index contributed by atoms with van der Waals surface area (Å²) in [7, 11) is 3.40. The highest BCUT2D eigenvalue weighted by Gasteiger charge is 2.43. The molecule has 0 amide bonds. The number of methoxy groups -OCH3 is 2. The molecule has 0 radical (unpaired) electrons. The Labute approximate surface area is 114 Å². The van der Waals surface area contributed by atoms with Gasteiger partial charge in [0.2, 0.25) is 5.79 Å². The van der Waals surface area contributed by atoms with Crippen molar-refractivity contribution in [1.29, 1.82) is 0 Å². The lowest BCUT2D eigenvalue weighted by molar-refractivity contribution is -0.219. The zero-order chi connectivity index (χ0) is 13.3. The van der Waals surface area contributed by atoms with Crippen LogP contribution in [0.25, 0.3) is 0 Å². The Kier molecular flexibility index (Phi) is 3.48. The fourth-order valence-electron chi connectivity index (χ4n) is 2.43. The van der Waals surface area contributed by atoms with E-state index in [9.17, 15) is 0 Å². The van der Waals surface area contributed by atoms with Crippen LogP contribution in [0.3, 0.4) is 0 Å².